The molecule has 7 atom stereocenters. The van der Waals surface area contributed by atoms with Gasteiger partial charge in [0.05, 0.1) is 12.1 Å². The molecule has 6 N–H and O–H groups in total. The first-order chi connectivity index (χ1) is 20.4. The van der Waals surface area contributed by atoms with E-state index >= 15 is 0 Å². The van der Waals surface area contributed by atoms with E-state index in [0.29, 0.717) is 19.0 Å². The molecule has 1 saturated heterocycles. The predicted molar refractivity (Wildman–Crippen MR) is 165 cm³/mol. The molecule has 44 heavy (non-hydrogen) atoms. The van der Waals surface area contributed by atoms with Gasteiger partial charge in [-0.05, 0) is 60.8 Å². The summed E-state index contributed by atoms with van der Waals surface area (Å²) in [6.45, 7) is 13.9. The maximum Gasteiger partial charge on any atom is 0.315 e. The first-order valence-electron chi connectivity index (χ1n) is 16.3. The maximum absolute atomic E-state index is 14.2. The second kappa shape index (κ2) is 12.6. The van der Waals surface area contributed by atoms with Crippen molar-refractivity contribution in [3.8, 4) is 0 Å². The molecule has 12 heteroatoms. The minimum absolute atomic E-state index is 0.0715. The monoisotopic (exact) mass is 618 g/mol. The predicted octanol–water partition coefficient (Wildman–Crippen LogP) is 1.35. The van der Waals surface area contributed by atoms with Gasteiger partial charge in [0.1, 0.15) is 18.3 Å². The fourth-order valence-electron chi connectivity index (χ4n) is 7.21. The van der Waals surface area contributed by atoms with Gasteiger partial charge in [-0.25, -0.2) is 4.79 Å². The van der Waals surface area contributed by atoms with Crippen LogP contribution < -0.4 is 21.7 Å². The van der Waals surface area contributed by atoms with Crippen LogP contribution in [0.2, 0.25) is 0 Å². The Labute approximate surface area is 261 Å². The largest absolute Gasteiger partial charge is 0.376 e. The molecule has 0 bridgehead atoms. The van der Waals surface area contributed by atoms with Crippen LogP contribution in [-0.4, -0.2) is 94.5 Å². The lowest BCUT2D eigenvalue weighted by atomic mass is 9.80. The number of urea groups is 1. The summed E-state index contributed by atoms with van der Waals surface area (Å²) in [4.78, 5) is 69.4. The van der Waals surface area contributed by atoms with Gasteiger partial charge in [-0.1, -0.05) is 67.7 Å². The van der Waals surface area contributed by atoms with Crippen molar-refractivity contribution >= 4 is 29.5 Å². The third kappa shape index (κ3) is 7.06. The molecule has 0 aromatic heterocycles. The number of piperidine rings is 1. The normalized spacial score (nSPS) is 27.1. The molecule has 4 rings (SSSR count). The molecule has 248 valence electrons. The lowest BCUT2D eigenvalue weighted by Crippen LogP contribution is -2.63. The Morgan fingerprint density at radius 2 is 1.64 bits per heavy atom. The van der Waals surface area contributed by atoms with Crippen LogP contribution in [0.5, 0.6) is 0 Å². The number of likely N-dealkylation sites (tertiary alicyclic amines) is 1. The van der Waals surface area contributed by atoms with Gasteiger partial charge in [-0.2, -0.15) is 0 Å². The van der Waals surface area contributed by atoms with E-state index in [1.807, 2.05) is 46.6 Å². The number of amides is 5. The van der Waals surface area contributed by atoms with Gasteiger partial charge in [-0.15, -0.1) is 0 Å². The number of nitrogens with zero attached hydrogens (tertiary/aromatic N) is 2. The number of hydrogen-bond acceptors (Lipinski definition) is 7. The zero-order valence-corrected chi connectivity index (χ0v) is 27.7. The molecule has 4 fully saturated rings. The molecule has 0 aromatic rings. The van der Waals surface area contributed by atoms with Crippen molar-refractivity contribution in [3.63, 3.8) is 0 Å². The summed E-state index contributed by atoms with van der Waals surface area (Å²) in [5, 5.41) is 19.6. The number of hydrogen-bond donors (Lipinski definition) is 5. The highest BCUT2D eigenvalue weighted by Gasteiger charge is 2.70. The van der Waals surface area contributed by atoms with Crippen LogP contribution in [-0.2, 0) is 19.2 Å². The van der Waals surface area contributed by atoms with Crippen LogP contribution in [0.1, 0.15) is 87.0 Å². The van der Waals surface area contributed by atoms with E-state index in [2.05, 4.69) is 29.8 Å². The van der Waals surface area contributed by atoms with Crippen LogP contribution in [0.25, 0.3) is 0 Å². The number of Topliss-reactive ketones (excluding diaryl/α,β-unsaturated/α-hetero) is 1. The number of nitrogens with two attached hydrogens (primary N) is 1. The lowest BCUT2D eigenvalue weighted by molar-refractivity contribution is -0.145. The topological polar surface area (TPSA) is 174 Å². The number of aliphatic hydroxyl groups excluding tert-OH is 1. The van der Waals surface area contributed by atoms with Crippen molar-refractivity contribution in [3.05, 3.63) is 0 Å². The van der Waals surface area contributed by atoms with Crippen LogP contribution in [0, 0.1) is 34.5 Å². The molecule has 0 radical (unpaired) electrons. The van der Waals surface area contributed by atoms with Crippen molar-refractivity contribution in [2.75, 3.05) is 13.6 Å². The summed E-state index contributed by atoms with van der Waals surface area (Å²) >= 11 is 0. The van der Waals surface area contributed by atoms with Gasteiger partial charge in [-0.3, -0.25) is 24.1 Å². The molecule has 0 spiro atoms. The fraction of sp³-hybridized carbons (Fsp3) is 0.844. The van der Waals surface area contributed by atoms with Gasteiger partial charge in [0.15, 0.2) is 0 Å². The zero-order valence-electron chi connectivity index (χ0n) is 27.7. The summed E-state index contributed by atoms with van der Waals surface area (Å²) in [5.41, 5.74) is 4.45. The quantitative estimate of drug-likeness (QED) is 0.153. The number of nitrogens with one attached hydrogen (secondary N) is 3. The molecule has 0 aromatic carbocycles. The van der Waals surface area contributed by atoms with E-state index in [0.717, 1.165) is 32.1 Å². The minimum Gasteiger partial charge on any atom is -0.376 e. The standard InChI is InChI=1S/C32H54N6O6/c1-16(2)22(28(42)37(8)18-12-13-18)35-30(44)36-25(31(3,4)5)29(43)38-15-19-21(32(19,6)7)23(38)27(41)34-20(24(39)26(33)40)14-17-10-9-11-17/h16-23,25,28,42H,9-15H2,1-8H3,(H2,33,40)(H,34,41)(H2,35,36,44)/t19-,20?,21-,22-,23-,25+,28?/m0/s1. The number of ketones is 1. The first-order valence-corrected chi connectivity index (χ1v) is 16.3. The second-order valence-corrected chi connectivity index (χ2v) is 15.7. The van der Waals surface area contributed by atoms with Gasteiger partial charge in [0, 0.05) is 12.6 Å². The van der Waals surface area contributed by atoms with E-state index in [4.69, 9.17) is 5.73 Å². The summed E-state index contributed by atoms with van der Waals surface area (Å²) in [5.74, 6) is -2.64. The van der Waals surface area contributed by atoms with Gasteiger partial charge < -0.3 is 31.7 Å². The summed E-state index contributed by atoms with van der Waals surface area (Å²) in [6.07, 6.45) is 4.37. The Kier molecular flexibility index (Phi) is 9.76. The Morgan fingerprint density at radius 1 is 1.02 bits per heavy atom. The number of primary amides is 1. The van der Waals surface area contributed by atoms with Crippen LogP contribution in [0.15, 0.2) is 0 Å². The van der Waals surface area contributed by atoms with Crippen molar-refractivity contribution in [2.24, 2.45) is 40.2 Å². The van der Waals surface area contributed by atoms with E-state index < -0.39 is 59.4 Å². The molecular formula is C32H54N6O6. The number of carbonyl (C=O) groups excluding carboxylic acids is 5. The SMILES string of the molecule is CC(C)[C@H](NC(=O)N[C@H](C(=O)N1C[C@H]2[C@@H]([C@H]1C(=O)NC(CC1CCC1)C(=O)C(N)=O)C2(C)C)C(C)(C)C)C(O)N(C)C1CC1. The van der Waals surface area contributed by atoms with Gasteiger partial charge in [0.2, 0.25) is 17.6 Å². The molecule has 4 aliphatic rings. The number of fused-ring (bicyclic) bond motifs is 1. The number of likely N-dealkylation sites (N-methyl/N-ethyl adjacent to an activating group) is 1. The zero-order chi connectivity index (χ0) is 32.9. The average molecular weight is 619 g/mol. The third-order valence-corrected chi connectivity index (χ3v) is 10.7. The smallest absolute Gasteiger partial charge is 0.315 e. The lowest BCUT2D eigenvalue weighted by Gasteiger charge is -2.39. The number of rotatable bonds is 13. The first kappa shape index (κ1) is 34.1. The third-order valence-electron chi connectivity index (χ3n) is 10.7. The van der Waals surface area contributed by atoms with Gasteiger partial charge >= 0.3 is 6.03 Å². The van der Waals surface area contributed by atoms with E-state index in [1.54, 1.807) is 0 Å². The van der Waals surface area contributed by atoms with E-state index in [9.17, 15) is 29.1 Å². The molecule has 1 aliphatic heterocycles. The second-order valence-electron chi connectivity index (χ2n) is 15.7. The molecule has 3 aliphatic carbocycles. The minimum atomic E-state index is -1.09. The molecule has 2 unspecified atom stereocenters. The van der Waals surface area contributed by atoms with E-state index in [1.165, 1.54) is 4.90 Å². The highest BCUT2D eigenvalue weighted by Crippen LogP contribution is 2.65. The molecule has 12 nitrogen and oxygen atoms in total. The number of carbonyl (C=O) groups is 5. The van der Waals surface area contributed by atoms with Crippen molar-refractivity contribution in [1.29, 1.82) is 0 Å². The van der Waals surface area contributed by atoms with Crippen molar-refractivity contribution in [1.82, 2.24) is 25.8 Å². The van der Waals surface area contributed by atoms with Crippen LogP contribution >= 0.6 is 0 Å². The van der Waals surface area contributed by atoms with Crippen molar-refractivity contribution in [2.45, 2.75) is 123 Å². The molecular weight excluding hydrogens is 564 g/mol. The highest BCUT2D eigenvalue weighted by atomic mass is 16.3. The Morgan fingerprint density at radius 3 is 2.11 bits per heavy atom. The van der Waals surface area contributed by atoms with Gasteiger partial charge in [0.25, 0.3) is 5.91 Å². The van der Waals surface area contributed by atoms with Crippen LogP contribution in [0.4, 0.5) is 4.79 Å². The maximum atomic E-state index is 14.2. The Balaban J connectivity index is 1.51. The molecule has 1 heterocycles. The highest BCUT2D eigenvalue weighted by molar-refractivity contribution is 6.37. The number of aliphatic hydroxyl groups is 1. The average Bonchev–Trinajstić information content (AvgIpc) is 3.78. The molecule has 3 saturated carbocycles. The summed E-state index contributed by atoms with van der Waals surface area (Å²) < 4.78 is 0. The Hall–Kier alpha value is -2.73. The fourth-order valence-corrected chi connectivity index (χ4v) is 7.21. The van der Waals surface area contributed by atoms with Crippen molar-refractivity contribution < 1.29 is 29.1 Å². The Bertz CT molecular complexity index is 1140. The molecule has 5 amide bonds. The van der Waals surface area contributed by atoms with Crippen LogP contribution in [0.3, 0.4) is 0 Å². The summed E-state index contributed by atoms with van der Waals surface area (Å²) in [6, 6.07) is -3.69. The summed E-state index contributed by atoms with van der Waals surface area (Å²) in [7, 11) is 1.85. The van der Waals surface area contributed by atoms with E-state index in [-0.39, 0.29) is 35.0 Å².